The molecule has 180 valence electrons. The van der Waals surface area contributed by atoms with Crippen molar-refractivity contribution in [1.82, 2.24) is 19.2 Å². The Morgan fingerprint density at radius 1 is 1.06 bits per heavy atom. The molecule has 0 spiro atoms. The van der Waals surface area contributed by atoms with Gasteiger partial charge in [-0.2, -0.15) is 0 Å². The van der Waals surface area contributed by atoms with Crippen LogP contribution in [0.3, 0.4) is 0 Å². The lowest BCUT2D eigenvalue weighted by Gasteiger charge is -2.35. The third kappa shape index (κ3) is 4.76. The minimum absolute atomic E-state index is 0.181. The minimum Gasteiger partial charge on any atom is -0.353 e. The summed E-state index contributed by atoms with van der Waals surface area (Å²) >= 11 is 6.78. The molecule has 35 heavy (non-hydrogen) atoms. The van der Waals surface area contributed by atoms with Gasteiger partial charge in [-0.1, -0.05) is 66.8 Å². The lowest BCUT2D eigenvalue weighted by Crippen LogP contribution is -2.47. The Morgan fingerprint density at radius 3 is 2.51 bits per heavy atom. The summed E-state index contributed by atoms with van der Waals surface area (Å²) in [6.07, 6.45) is 3.40. The number of fused-ring (bicyclic) bond motifs is 1. The van der Waals surface area contributed by atoms with Gasteiger partial charge in [0.1, 0.15) is 15.8 Å². The molecule has 2 aliphatic heterocycles. The van der Waals surface area contributed by atoms with Gasteiger partial charge < -0.3 is 9.80 Å². The molecular weight excluding hydrogens is 478 g/mol. The molecular formula is C26H27N5O2S2. The topological polar surface area (TPSA) is 61.2 Å². The summed E-state index contributed by atoms with van der Waals surface area (Å²) in [5, 5.41) is 0. The molecule has 0 radical (unpaired) electrons. The molecule has 4 heterocycles. The predicted octanol–water partition coefficient (Wildman–Crippen LogP) is 3.55. The SMILES string of the molecule is CCN1CCN(c2nc3ccccn3c(=O)c2/C=C2\SC(=S)N(Cc3ccc(C)cc3)C2=O)CC1. The van der Waals surface area contributed by atoms with Crippen LogP contribution in [0.25, 0.3) is 11.7 Å². The van der Waals surface area contributed by atoms with E-state index in [0.29, 0.717) is 32.8 Å². The summed E-state index contributed by atoms with van der Waals surface area (Å²) in [6, 6.07) is 13.6. The molecule has 0 unspecified atom stereocenters. The van der Waals surface area contributed by atoms with E-state index in [4.69, 9.17) is 17.2 Å². The van der Waals surface area contributed by atoms with Crippen LogP contribution in [0.4, 0.5) is 5.82 Å². The fourth-order valence-electron chi connectivity index (χ4n) is 4.38. The van der Waals surface area contributed by atoms with Gasteiger partial charge in [-0.25, -0.2) is 4.98 Å². The van der Waals surface area contributed by atoms with Crippen LogP contribution < -0.4 is 10.5 Å². The maximum atomic E-state index is 13.6. The van der Waals surface area contributed by atoms with E-state index in [9.17, 15) is 9.59 Å². The van der Waals surface area contributed by atoms with Crippen LogP contribution in [0.15, 0.2) is 58.4 Å². The average molecular weight is 506 g/mol. The zero-order valence-corrected chi connectivity index (χ0v) is 21.4. The van der Waals surface area contributed by atoms with Gasteiger partial charge in [-0.3, -0.25) is 18.9 Å². The molecule has 1 aromatic carbocycles. The molecule has 9 heteroatoms. The van der Waals surface area contributed by atoms with Gasteiger partial charge in [0.15, 0.2) is 0 Å². The third-order valence-corrected chi connectivity index (χ3v) is 7.86. The Balaban J connectivity index is 1.52. The number of rotatable bonds is 5. The number of nitrogens with zero attached hydrogens (tertiary/aromatic N) is 5. The Labute approximate surface area is 214 Å². The molecule has 2 saturated heterocycles. The fraction of sp³-hybridized carbons (Fsp3) is 0.308. The van der Waals surface area contributed by atoms with Crippen molar-refractivity contribution in [2.45, 2.75) is 20.4 Å². The number of carbonyl (C=O) groups is 1. The summed E-state index contributed by atoms with van der Waals surface area (Å²) in [4.78, 5) is 38.3. The summed E-state index contributed by atoms with van der Waals surface area (Å²) in [7, 11) is 0. The highest BCUT2D eigenvalue weighted by Crippen LogP contribution is 2.34. The van der Waals surface area contributed by atoms with Crippen molar-refractivity contribution in [2.24, 2.45) is 0 Å². The number of piperazine rings is 1. The predicted molar refractivity (Wildman–Crippen MR) is 146 cm³/mol. The van der Waals surface area contributed by atoms with E-state index in [1.807, 2.05) is 43.3 Å². The zero-order chi connectivity index (χ0) is 24.5. The molecule has 3 aromatic rings. The van der Waals surface area contributed by atoms with Gasteiger partial charge in [-0.15, -0.1) is 0 Å². The van der Waals surface area contributed by atoms with Crippen molar-refractivity contribution < 1.29 is 4.79 Å². The molecule has 0 aliphatic carbocycles. The first-order chi connectivity index (χ1) is 16.9. The van der Waals surface area contributed by atoms with Crippen molar-refractivity contribution in [3.8, 4) is 0 Å². The van der Waals surface area contributed by atoms with E-state index in [-0.39, 0.29) is 11.5 Å². The second-order valence-electron chi connectivity index (χ2n) is 8.76. The number of thioether (sulfide) groups is 1. The van der Waals surface area contributed by atoms with Crippen LogP contribution in [0.2, 0.25) is 0 Å². The van der Waals surface area contributed by atoms with Crippen LogP contribution >= 0.6 is 24.0 Å². The van der Waals surface area contributed by atoms with Crippen LogP contribution in [0.1, 0.15) is 23.6 Å². The number of likely N-dealkylation sites (N-methyl/N-ethyl adjacent to an activating group) is 1. The van der Waals surface area contributed by atoms with Crippen LogP contribution in [0.5, 0.6) is 0 Å². The lowest BCUT2D eigenvalue weighted by molar-refractivity contribution is -0.122. The number of pyridine rings is 1. The summed E-state index contributed by atoms with van der Waals surface area (Å²) < 4.78 is 2.03. The number of aromatic nitrogens is 2. The van der Waals surface area contributed by atoms with E-state index >= 15 is 0 Å². The molecule has 2 aromatic heterocycles. The average Bonchev–Trinajstić information content (AvgIpc) is 3.14. The number of hydrogen-bond donors (Lipinski definition) is 0. The van der Waals surface area contributed by atoms with Crippen LogP contribution in [-0.4, -0.2) is 62.1 Å². The van der Waals surface area contributed by atoms with E-state index in [1.165, 1.54) is 16.2 Å². The van der Waals surface area contributed by atoms with E-state index in [1.54, 1.807) is 23.2 Å². The Kier molecular flexibility index (Phi) is 6.73. The van der Waals surface area contributed by atoms with Gasteiger partial charge in [-0.05, 0) is 37.2 Å². The van der Waals surface area contributed by atoms with Crippen molar-refractivity contribution in [3.05, 3.63) is 80.6 Å². The summed E-state index contributed by atoms with van der Waals surface area (Å²) in [5.41, 5.74) is 3.00. The maximum absolute atomic E-state index is 13.6. The first kappa shape index (κ1) is 23.7. The second-order valence-corrected chi connectivity index (χ2v) is 10.4. The molecule has 0 saturated carbocycles. The summed E-state index contributed by atoms with van der Waals surface area (Å²) in [6.45, 7) is 8.95. The third-order valence-electron chi connectivity index (χ3n) is 6.48. The van der Waals surface area contributed by atoms with Gasteiger partial charge in [0, 0.05) is 32.4 Å². The zero-order valence-electron chi connectivity index (χ0n) is 19.8. The van der Waals surface area contributed by atoms with Gasteiger partial charge in [0.05, 0.1) is 17.0 Å². The standard InChI is InChI=1S/C26H27N5O2S2/c1-3-28-12-14-29(15-13-28)23-20(24(32)30-11-5-4-6-22(30)27-23)16-21-25(33)31(26(34)35-21)17-19-9-7-18(2)8-10-19/h4-11,16H,3,12-15,17H2,1-2H3/b21-16-. The highest BCUT2D eigenvalue weighted by molar-refractivity contribution is 8.26. The number of amides is 1. The Hall–Kier alpha value is -3.01. The molecule has 0 atom stereocenters. The number of anilines is 1. The van der Waals surface area contributed by atoms with Crippen molar-refractivity contribution in [2.75, 3.05) is 37.6 Å². The van der Waals surface area contributed by atoms with Gasteiger partial charge in [0.25, 0.3) is 11.5 Å². The molecule has 2 aliphatic rings. The van der Waals surface area contributed by atoms with Gasteiger partial charge >= 0.3 is 0 Å². The van der Waals surface area contributed by atoms with Crippen molar-refractivity contribution >= 4 is 51.7 Å². The minimum atomic E-state index is -0.188. The first-order valence-electron chi connectivity index (χ1n) is 11.7. The number of thiocarbonyl (C=S) groups is 1. The number of carbonyl (C=O) groups excluding carboxylic acids is 1. The van der Waals surface area contributed by atoms with Crippen LogP contribution in [0, 0.1) is 6.92 Å². The molecule has 5 rings (SSSR count). The maximum Gasteiger partial charge on any atom is 0.267 e. The molecule has 7 nitrogen and oxygen atoms in total. The quantitative estimate of drug-likeness (QED) is 0.388. The lowest BCUT2D eigenvalue weighted by atomic mass is 10.1. The summed E-state index contributed by atoms with van der Waals surface area (Å²) in [5.74, 6) is 0.445. The fourth-order valence-corrected chi connectivity index (χ4v) is 5.61. The molecule has 1 amide bonds. The Morgan fingerprint density at radius 2 is 1.80 bits per heavy atom. The number of hydrogen-bond acceptors (Lipinski definition) is 7. The monoisotopic (exact) mass is 505 g/mol. The van der Waals surface area contributed by atoms with Crippen LogP contribution in [-0.2, 0) is 11.3 Å². The molecule has 0 N–H and O–H groups in total. The second kappa shape index (κ2) is 9.93. The number of aryl methyl sites for hydroxylation is 1. The highest BCUT2D eigenvalue weighted by Gasteiger charge is 2.33. The molecule has 0 bridgehead atoms. The number of benzene rings is 1. The van der Waals surface area contributed by atoms with E-state index < -0.39 is 0 Å². The van der Waals surface area contributed by atoms with Gasteiger partial charge in [0.2, 0.25) is 0 Å². The Bertz CT molecular complexity index is 1370. The largest absolute Gasteiger partial charge is 0.353 e. The van der Waals surface area contributed by atoms with E-state index in [2.05, 4.69) is 16.7 Å². The van der Waals surface area contributed by atoms with Crippen molar-refractivity contribution in [1.29, 1.82) is 0 Å². The molecule has 2 fully saturated rings. The first-order valence-corrected chi connectivity index (χ1v) is 13.0. The smallest absolute Gasteiger partial charge is 0.267 e. The van der Waals surface area contributed by atoms with Crippen molar-refractivity contribution in [3.63, 3.8) is 0 Å². The highest BCUT2D eigenvalue weighted by atomic mass is 32.2. The normalized spacial score (nSPS) is 18.3. The van der Waals surface area contributed by atoms with E-state index in [0.717, 1.165) is 43.9 Å².